The van der Waals surface area contributed by atoms with Gasteiger partial charge in [0.25, 0.3) is 0 Å². The molecular formula is C14H13ClFNO. The lowest BCUT2D eigenvalue weighted by Crippen LogP contribution is -2.07. The summed E-state index contributed by atoms with van der Waals surface area (Å²) in [5.74, 6) is -0.420. The topological polar surface area (TPSA) is 33.1 Å². The first-order valence-electron chi connectivity index (χ1n) is 5.55. The molecule has 0 saturated heterocycles. The molecule has 1 aromatic carbocycles. The molecule has 18 heavy (non-hydrogen) atoms. The van der Waals surface area contributed by atoms with Crippen LogP contribution in [-0.2, 0) is 0 Å². The van der Waals surface area contributed by atoms with Crippen LogP contribution >= 0.6 is 11.6 Å². The minimum atomic E-state index is -1.08. The van der Waals surface area contributed by atoms with E-state index in [4.69, 9.17) is 11.6 Å². The van der Waals surface area contributed by atoms with Crippen LogP contribution in [-0.4, -0.2) is 10.1 Å². The number of hydrogen-bond donors (Lipinski definition) is 1. The quantitative estimate of drug-likeness (QED) is 0.900. The van der Waals surface area contributed by atoms with Gasteiger partial charge in [-0.2, -0.15) is 0 Å². The summed E-state index contributed by atoms with van der Waals surface area (Å²) in [6, 6.07) is 6.44. The van der Waals surface area contributed by atoms with E-state index in [9.17, 15) is 9.50 Å². The third-order valence-electron chi connectivity index (χ3n) is 2.78. The maximum atomic E-state index is 13.9. The van der Waals surface area contributed by atoms with Gasteiger partial charge in [0.05, 0.1) is 10.7 Å². The van der Waals surface area contributed by atoms with E-state index in [2.05, 4.69) is 4.98 Å². The Morgan fingerprint density at radius 1 is 1.28 bits per heavy atom. The fourth-order valence-corrected chi connectivity index (χ4v) is 2.08. The Kier molecular flexibility index (Phi) is 3.64. The molecule has 0 aliphatic heterocycles. The van der Waals surface area contributed by atoms with Gasteiger partial charge in [-0.15, -0.1) is 0 Å². The summed E-state index contributed by atoms with van der Waals surface area (Å²) in [6.07, 6.45) is 0.351. The summed E-state index contributed by atoms with van der Waals surface area (Å²) in [6.45, 7) is 3.58. The summed E-state index contributed by atoms with van der Waals surface area (Å²) in [7, 11) is 0. The van der Waals surface area contributed by atoms with Gasteiger partial charge in [-0.1, -0.05) is 17.7 Å². The van der Waals surface area contributed by atoms with Gasteiger partial charge >= 0.3 is 0 Å². The molecule has 0 fully saturated rings. The lowest BCUT2D eigenvalue weighted by Gasteiger charge is -2.15. The fraction of sp³-hybridized carbons (Fsp3) is 0.214. The molecule has 2 nitrogen and oxygen atoms in total. The van der Waals surface area contributed by atoms with Gasteiger partial charge in [-0.25, -0.2) is 4.39 Å². The van der Waals surface area contributed by atoms with E-state index in [1.807, 2.05) is 13.0 Å². The van der Waals surface area contributed by atoms with Crippen molar-refractivity contribution >= 4 is 11.6 Å². The number of halogens is 2. The standard InChI is InChI=1S/C14H13ClFNO/c1-8-5-9(2)13(11(16)6-8)14(18)12-4-3-10(15)7-17-12/h3-7,14,18H,1-2H3. The van der Waals surface area contributed by atoms with Crippen LogP contribution in [0.4, 0.5) is 4.39 Å². The van der Waals surface area contributed by atoms with Crippen molar-refractivity contribution in [3.63, 3.8) is 0 Å². The van der Waals surface area contributed by atoms with Crippen LogP contribution in [0.25, 0.3) is 0 Å². The Morgan fingerprint density at radius 2 is 2.00 bits per heavy atom. The Bertz CT molecular complexity index is 546. The SMILES string of the molecule is Cc1cc(C)c(C(O)c2ccc(Cl)cn2)c(F)c1. The van der Waals surface area contributed by atoms with Gasteiger partial charge in [-0.05, 0) is 43.2 Å². The van der Waals surface area contributed by atoms with E-state index in [-0.39, 0.29) is 5.56 Å². The molecule has 0 bridgehead atoms. The zero-order valence-electron chi connectivity index (χ0n) is 10.1. The maximum absolute atomic E-state index is 13.9. The van der Waals surface area contributed by atoms with Crippen molar-refractivity contribution in [3.05, 3.63) is 63.7 Å². The van der Waals surface area contributed by atoms with E-state index < -0.39 is 11.9 Å². The fourth-order valence-electron chi connectivity index (χ4n) is 1.97. The first-order chi connectivity index (χ1) is 8.49. The molecule has 2 aromatic rings. The highest BCUT2D eigenvalue weighted by atomic mass is 35.5. The molecule has 1 aromatic heterocycles. The second kappa shape index (κ2) is 5.04. The van der Waals surface area contributed by atoms with E-state index in [0.717, 1.165) is 5.56 Å². The van der Waals surface area contributed by atoms with Crippen molar-refractivity contribution in [1.82, 2.24) is 4.98 Å². The summed E-state index contributed by atoms with van der Waals surface area (Å²) >= 11 is 5.73. The lowest BCUT2D eigenvalue weighted by molar-refractivity contribution is 0.209. The van der Waals surface area contributed by atoms with Gasteiger partial charge in [0.15, 0.2) is 0 Å². The van der Waals surface area contributed by atoms with Crippen LogP contribution in [0.15, 0.2) is 30.5 Å². The van der Waals surface area contributed by atoms with Crippen LogP contribution in [0.1, 0.15) is 28.5 Å². The highest BCUT2D eigenvalue weighted by Gasteiger charge is 2.19. The number of aliphatic hydroxyl groups is 1. The third-order valence-corrected chi connectivity index (χ3v) is 3.01. The molecule has 0 radical (unpaired) electrons. The number of rotatable bonds is 2. The molecule has 0 amide bonds. The van der Waals surface area contributed by atoms with Crippen molar-refractivity contribution in [2.75, 3.05) is 0 Å². The first-order valence-corrected chi connectivity index (χ1v) is 5.93. The van der Waals surface area contributed by atoms with Crippen LogP contribution in [0.5, 0.6) is 0 Å². The Hall–Kier alpha value is -1.45. The number of hydrogen-bond acceptors (Lipinski definition) is 2. The average molecular weight is 266 g/mol. The molecule has 94 valence electrons. The van der Waals surface area contributed by atoms with Crippen LogP contribution in [0.2, 0.25) is 5.02 Å². The van der Waals surface area contributed by atoms with Crippen LogP contribution in [0.3, 0.4) is 0 Å². The molecule has 2 rings (SSSR count). The number of aromatic nitrogens is 1. The van der Waals surface area contributed by atoms with Crippen LogP contribution < -0.4 is 0 Å². The van der Waals surface area contributed by atoms with Crippen molar-refractivity contribution < 1.29 is 9.50 Å². The van der Waals surface area contributed by atoms with E-state index >= 15 is 0 Å². The number of nitrogens with zero attached hydrogens (tertiary/aromatic N) is 1. The highest BCUT2D eigenvalue weighted by Crippen LogP contribution is 2.27. The minimum Gasteiger partial charge on any atom is -0.382 e. The molecule has 0 aliphatic carbocycles. The largest absolute Gasteiger partial charge is 0.382 e. The molecule has 1 unspecified atom stereocenters. The van der Waals surface area contributed by atoms with Gasteiger partial charge in [0, 0.05) is 11.8 Å². The zero-order chi connectivity index (χ0) is 13.3. The Labute approximate surface area is 110 Å². The third kappa shape index (κ3) is 2.52. The summed E-state index contributed by atoms with van der Waals surface area (Å²) < 4.78 is 13.9. The number of benzene rings is 1. The highest BCUT2D eigenvalue weighted by molar-refractivity contribution is 6.30. The van der Waals surface area contributed by atoms with Gasteiger partial charge < -0.3 is 5.11 Å². The van der Waals surface area contributed by atoms with Gasteiger partial charge in [0.1, 0.15) is 11.9 Å². The predicted molar refractivity (Wildman–Crippen MR) is 69.2 cm³/mol. The zero-order valence-corrected chi connectivity index (χ0v) is 10.9. The monoisotopic (exact) mass is 265 g/mol. The first kappa shape index (κ1) is 13.0. The number of aryl methyl sites for hydroxylation is 2. The molecular weight excluding hydrogens is 253 g/mol. The molecule has 0 aliphatic rings. The molecule has 4 heteroatoms. The molecule has 1 atom stereocenters. The lowest BCUT2D eigenvalue weighted by atomic mass is 9.98. The minimum absolute atomic E-state index is 0.260. The number of aliphatic hydroxyl groups excluding tert-OH is 1. The van der Waals surface area contributed by atoms with E-state index in [1.54, 1.807) is 19.1 Å². The van der Waals surface area contributed by atoms with Gasteiger partial charge in [-0.3, -0.25) is 4.98 Å². The number of pyridine rings is 1. The second-order valence-electron chi connectivity index (χ2n) is 4.28. The van der Waals surface area contributed by atoms with Gasteiger partial charge in [0.2, 0.25) is 0 Å². The summed E-state index contributed by atoms with van der Waals surface area (Å²) in [5, 5.41) is 10.7. The molecule has 1 N–H and O–H groups in total. The average Bonchev–Trinajstić information content (AvgIpc) is 2.28. The smallest absolute Gasteiger partial charge is 0.129 e. The second-order valence-corrected chi connectivity index (χ2v) is 4.72. The molecule has 0 saturated carbocycles. The van der Waals surface area contributed by atoms with Crippen molar-refractivity contribution in [1.29, 1.82) is 0 Å². The predicted octanol–water partition coefficient (Wildman–Crippen LogP) is 3.57. The van der Waals surface area contributed by atoms with Crippen molar-refractivity contribution in [2.45, 2.75) is 20.0 Å². The van der Waals surface area contributed by atoms with Crippen LogP contribution in [0, 0.1) is 19.7 Å². The Balaban J connectivity index is 2.46. The van der Waals surface area contributed by atoms with Crippen molar-refractivity contribution in [2.24, 2.45) is 0 Å². The Morgan fingerprint density at radius 3 is 2.56 bits per heavy atom. The normalized spacial score (nSPS) is 12.5. The van der Waals surface area contributed by atoms with E-state index in [1.165, 1.54) is 12.3 Å². The van der Waals surface area contributed by atoms with Crippen molar-refractivity contribution in [3.8, 4) is 0 Å². The molecule has 1 heterocycles. The summed E-state index contributed by atoms with van der Waals surface area (Å²) in [4.78, 5) is 4.01. The van der Waals surface area contributed by atoms with E-state index in [0.29, 0.717) is 16.3 Å². The maximum Gasteiger partial charge on any atom is 0.129 e. The summed E-state index contributed by atoms with van der Waals surface area (Å²) in [5.41, 5.74) is 2.17. The molecule has 0 spiro atoms.